The predicted octanol–water partition coefficient (Wildman–Crippen LogP) is 4.80. The summed E-state index contributed by atoms with van der Waals surface area (Å²) in [7, 11) is 0. The Kier molecular flexibility index (Phi) is 7.18. The molecule has 5 rings (SSSR count). The standard InChI is InChI=1S/C23H15N2.C2H2O4.Pt/c1-3-13-22-19(10-1)20-11-2-4-14-23(20)25(22)18-9-7-8-17(16-18)21-12-5-6-15-24-21;3-1(4)2(5)6;/h1-7,9-16H;(H,3,4)(H,5,6);/q-1;;. The maximum absolute atomic E-state index is 9.10. The summed E-state index contributed by atoms with van der Waals surface area (Å²) in [6.45, 7) is 0. The number of hydrogen-bond donors (Lipinski definition) is 2. The summed E-state index contributed by atoms with van der Waals surface area (Å²) in [5.74, 6) is -3.65. The number of pyridine rings is 1. The largest absolute Gasteiger partial charge is 0.473 e. The minimum Gasteiger partial charge on any atom is -0.473 e. The second-order valence-electron chi connectivity index (χ2n) is 6.66. The van der Waals surface area contributed by atoms with Crippen molar-refractivity contribution in [2.75, 3.05) is 0 Å². The van der Waals surface area contributed by atoms with Crippen LogP contribution < -0.4 is 0 Å². The van der Waals surface area contributed by atoms with E-state index in [-0.39, 0.29) is 21.1 Å². The van der Waals surface area contributed by atoms with Gasteiger partial charge in [-0.25, -0.2) is 9.59 Å². The number of aromatic nitrogens is 2. The van der Waals surface area contributed by atoms with Crippen molar-refractivity contribution in [2.45, 2.75) is 0 Å². The van der Waals surface area contributed by atoms with Crippen LogP contribution in [0.15, 0.2) is 91.1 Å². The van der Waals surface area contributed by atoms with E-state index in [0.29, 0.717) is 0 Å². The SMILES string of the molecule is O=C(O)C(=O)O.[Pt].[c-]1ccc(-n2c3ccccc3c3ccccc32)cc1-c1ccccn1. The first-order valence-corrected chi connectivity index (χ1v) is 9.44. The number of rotatable bonds is 2. The van der Waals surface area contributed by atoms with Gasteiger partial charge in [0.2, 0.25) is 0 Å². The molecule has 3 aromatic carbocycles. The van der Waals surface area contributed by atoms with Gasteiger partial charge < -0.3 is 19.8 Å². The van der Waals surface area contributed by atoms with Gasteiger partial charge in [0.15, 0.2) is 0 Å². The Morgan fingerprint density at radius 3 is 1.88 bits per heavy atom. The third kappa shape index (κ3) is 4.61. The Morgan fingerprint density at radius 2 is 1.34 bits per heavy atom. The van der Waals surface area contributed by atoms with Gasteiger partial charge >= 0.3 is 11.9 Å². The first-order chi connectivity index (χ1) is 15.1. The number of fused-ring (bicyclic) bond motifs is 3. The van der Waals surface area contributed by atoms with Gasteiger partial charge in [0.1, 0.15) is 0 Å². The molecule has 0 radical (unpaired) electrons. The molecular formula is C25H17N2O4Pt-. The Hall–Kier alpha value is -3.76. The molecule has 162 valence electrons. The van der Waals surface area contributed by atoms with E-state index >= 15 is 0 Å². The Morgan fingerprint density at radius 1 is 0.781 bits per heavy atom. The third-order valence-corrected chi connectivity index (χ3v) is 4.75. The summed E-state index contributed by atoms with van der Waals surface area (Å²) in [5, 5.41) is 17.3. The Balaban J connectivity index is 0.000000368. The second-order valence-corrected chi connectivity index (χ2v) is 6.66. The van der Waals surface area contributed by atoms with Crippen LogP contribution in [0.3, 0.4) is 0 Å². The van der Waals surface area contributed by atoms with Crippen LogP contribution in [0.1, 0.15) is 0 Å². The van der Waals surface area contributed by atoms with Crippen molar-refractivity contribution in [3.8, 4) is 16.9 Å². The molecule has 0 saturated heterocycles. The maximum Gasteiger partial charge on any atom is 0.414 e. The topological polar surface area (TPSA) is 92.4 Å². The number of aliphatic carboxylic acids is 2. The van der Waals surface area contributed by atoms with Crippen LogP contribution in [0.4, 0.5) is 0 Å². The summed E-state index contributed by atoms with van der Waals surface area (Å²) < 4.78 is 2.31. The van der Waals surface area contributed by atoms with Crippen LogP contribution in [-0.4, -0.2) is 31.7 Å². The van der Waals surface area contributed by atoms with E-state index in [1.165, 1.54) is 21.8 Å². The van der Waals surface area contributed by atoms with Crippen LogP contribution >= 0.6 is 0 Å². The van der Waals surface area contributed by atoms with Crippen molar-refractivity contribution in [1.29, 1.82) is 0 Å². The molecule has 0 amide bonds. The molecule has 0 fully saturated rings. The fourth-order valence-corrected chi connectivity index (χ4v) is 3.46. The maximum atomic E-state index is 9.10. The molecule has 6 nitrogen and oxygen atoms in total. The molecule has 0 aliphatic heterocycles. The minimum atomic E-state index is -1.82. The molecule has 5 aromatic rings. The van der Waals surface area contributed by atoms with Gasteiger partial charge in [0.05, 0.1) is 11.0 Å². The molecule has 2 heterocycles. The minimum absolute atomic E-state index is 0. The average molecular weight is 604 g/mol. The van der Waals surface area contributed by atoms with Gasteiger partial charge in [-0.2, -0.15) is 0 Å². The smallest absolute Gasteiger partial charge is 0.414 e. The first kappa shape index (κ1) is 22.9. The fourth-order valence-electron chi connectivity index (χ4n) is 3.46. The van der Waals surface area contributed by atoms with E-state index in [4.69, 9.17) is 19.8 Å². The third-order valence-electron chi connectivity index (χ3n) is 4.75. The monoisotopic (exact) mass is 604 g/mol. The van der Waals surface area contributed by atoms with Crippen LogP contribution in [0.2, 0.25) is 0 Å². The molecule has 7 heteroatoms. The van der Waals surface area contributed by atoms with Crippen LogP contribution in [0.5, 0.6) is 0 Å². The molecule has 0 bridgehead atoms. The van der Waals surface area contributed by atoms with Gasteiger partial charge in [-0.3, -0.25) is 0 Å². The fraction of sp³-hybridized carbons (Fsp3) is 0. The summed E-state index contributed by atoms with van der Waals surface area (Å²) in [6, 6.07) is 32.6. The van der Waals surface area contributed by atoms with Crippen molar-refractivity contribution < 1.29 is 40.9 Å². The van der Waals surface area contributed by atoms with E-state index < -0.39 is 11.9 Å². The Labute approximate surface area is 198 Å². The molecule has 0 aliphatic carbocycles. The molecule has 0 aliphatic rings. The van der Waals surface area contributed by atoms with Gasteiger partial charge in [-0.15, -0.1) is 29.8 Å². The van der Waals surface area contributed by atoms with Crippen molar-refractivity contribution in [3.63, 3.8) is 0 Å². The van der Waals surface area contributed by atoms with Crippen molar-refractivity contribution in [3.05, 3.63) is 97.2 Å². The molecule has 2 N–H and O–H groups in total. The zero-order valence-corrected chi connectivity index (χ0v) is 18.9. The average Bonchev–Trinajstić information content (AvgIpc) is 3.15. The van der Waals surface area contributed by atoms with Crippen molar-refractivity contribution in [1.82, 2.24) is 9.55 Å². The number of para-hydroxylation sites is 2. The van der Waals surface area contributed by atoms with Gasteiger partial charge in [0.25, 0.3) is 0 Å². The number of carboxylic acid groups (broad SMARTS) is 2. The van der Waals surface area contributed by atoms with Gasteiger partial charge in [-0.05, 0) is 29.6 Å². The summed E-state index contributed by atoms with van der Waals surface area (Å²) in [6.07, 6.45) is 1.82. The van der Waals surface area contributed by atoms with Crippen molar-refractivity contribution >= 4 is 33.7 Å². The number of carbonyl (C=O) groups is 2. The van der Waals surface area contributed by atoms with E-state index in [1.54, 1.807) is 0 Å². The molecule has 0 saturated carbocycles. The van der Waals surface area contributed by atoms with E-state index in [2.05, 4.69) is 76.3 Å². The van der Waals surface area contributed by atoms with Gasteiger partial charge in [-0.1, -0.05) is 48.5 Å². The number of benzene rings is 3. The van der Waals surface area contributed by atoms with E-state index in [9.17, 15) is 0 Å². The predicted molar refractivity (Wildman–Crippen MR) is 118 cm³/mol. The normalized spacial score (nSPS) is 10.1. The second kappa shape index (κ2) is 10.0. The Bertz CT molecular complexity index is 1330. The number of nitrogens with zero attached hydrogens (tertiary/aromatic N) is 2. The summed E-state index contributed by atoms with van der Waals surface area (Å²) >= 11 is 0. The van der Waals surface area contributed by atoms with E-state index in [1.807, 2.05) is 30.5 Å². The number of carboxylic acids is 2. The van der Waals surface area contributed by atoms with Crippen LogP contribution in [-0.2, 0) is 30.7 Å². The van der Waals surface area contributed by atoms with Crippen LogP contribution in [0.25, 0.3) is 38.8 Å². The van der Waals surface area contributed by atoms with Crippen molar-refractivity contribution in [2.24, 2.45) is 0 Å². The molecule has 0 unspecified atom stereocenters. The molecule has 32 heavy (non-hydrogen) atoms. The molecule has 0 spiro atoms. The van der Waals surface area contributed by atoms with Crippen LogP contribution in [0, 0.1) is 6.07 Å². The van der Waals surface area contributed by atoms with Gasteiger partial charge in [0, 0.05) is 38.0 Å². The van der Waals surface area contributed by atoms with E-state index in [0.717, 1.165) is 16.9 Å². The zero-order valence-electron chi connectivity index (χ0n) is 16.6. The zero-order chi connectivity index (χ0) is 21.8. The molecule has 0 atom stereocenters. The first-order valence-electron chi connectivity index (χ1n) is 9.44. The molecule has 2 aromatic heterocycles. The summed E-state index contributed by atoms with van der Waals surface area (Å²) in [5.41, 5.74) is 5.48. The number of hydrogen-bond acceptors (Lipinski definition) is 3. The quantitative estimate of drug-likeness (QED) is 0.223. The summed E-state index contributed by atoms with van der Waals surface area (Å²) in [4.78, 5) is 22.7. The molecular weight excluding hydrogens is 587 g/mol.